The van der Waals surface area contributed by atoms with Gasteiger partial charge in [-0.05, 0) is 18.2 Å². The normalized spacial score (nSPS) is 19.6. The van der Waals surface area contributed by atoms with Crippen LogP contribution >= 0.6 is 11.8 Å². The third-order valence-corrected chi connectivity index (χ3v) is 6.08. The van der Waals surface area contributed by atoms with Crippen molar-refractivity contribution in [3.8, 4) is 11.8 Å². The molecule has 136 valence electrons. The van der Waals surface area contributed by atoms with Crippen LogP contribution in [0.5, 0.6) is 5.75 Å². The minimum absolute atomic E-state index is 0.0352. The second-order valence-electron chi connectivity index (χ2n) is 6.44. The molecule has 2 aliphatic rings. The molecule has 6 heteroatoms. The minimum atomic E-state index is -0.263. The number of allylic oxidation sites excluding steroid dienone is 1. The van der Waals surface area contributed by atoms with E-state index in [0.717, 1.165) is 16.3 Å². The summed E-state index contributed by atoms with van der Waals surface area (Å²) in [4.78, 5) is 16.8. The number of hydrogen-bond acceptors (Lipinski definition) is 5. The lowest BCUT2D eigenvalue weighted by Gasteiger charge is -2.42. The Balaban J connectivity index is 1.70. The van der Waals surface area contributed by atoms with Gasteiger partial charge in [-0.1, -0.05) is 48.2 Å². The molecular formula is C21H19N3O2S. The number of benzene rings is 2. The molecule has 0 spiro atoms. The largest absolute Gasteiger partial charge is 0.496 e. The standard InChI is InChI=1S/C21H19N3O2S/c1-26-19-10-6-5-9-16(19)17-11-20(25)24-13-23(15-7-3-2-4-8-15)14-27-21(24)18(17)12-22/h2-10,17H,11,13-14H2,1H3/t17-/m1/s1. The zero-order chi connectivity index (χ0) is 18.8. The molecule has 2 aromatic rings. The number of ether oxygens (including phenoxy) is 1. The summed E-state index contributed by atoms with van der Waals surface area (Å²) < 4.78 is 5.47. The van der Waals surface area contributed by atoms with Crippen LogP contribution in [0.25, 0.3) is 0 Å². The van der Waals surface area contributed by atoms with Gasteiger partial charge in [0.2, 0.25) is 5.91 Å². The monoisotopic (exact) mass is 377 g/mol. The Labute approximate surface area is 162 Å². The molecule has 5 nitrogen and oxygen atoms in total. The molecule has 0 unspecified atom stereocenters. The van der Waals surface area contributed by atoms with E-state index in [-0.39, 0.29) is 18.2 Å². The highest BCUT2D eigenvalue weighted by atomic mass is 32.2. The maximum atomic E-state index is 13.0. The Bertz CT molecular complexity index is 936. The van der Waals surface area contributed by atoms with Crippen LogP contribution in [-0.2, 0) is 4.79 Å². The Morgan fingerprint density at radius 2 is 1.89 bits per heavy atom. The average Bonchev–Trinajstić information content (AvgIpc) is 2.74. The molecule has 1 saturated heterocycles. The number of amides is 1. The van der Waals surface area contributed by atoms with E-state index in [1.807, 2.05) is 54.6 Å². The quantitative estimate of drug-likeness (QED) is 0.812. The third kappa shape index (κ3) is 3.15. The van der Waals surface area contributed by atoms with E-state index in [4.69, 9.17) is 4.74 Å². The van der Waals surface area contributed by atoms with Gasteiger partial charge >= 0.3 is 0 Å². The average molecular weight is 377 g/mol. The van der Waals surface area contributed by atoms with Crippen LogP contribution in [-0.4, -0.2) is 30.5 Å². The van der Waals surface area contributed by atoms with Crippen LogP contribution < -0.4 is 9.64 Å². The number of nitriles is 1. The smallest absolute Gasteiger partial charge is 0.229 e. The molecule has 0 radical (unpaired) electrons. The number of methoxy groups -OCH3 is 1. The molecular weight excluding hydrogens is 358 g/mol. The number of hydrogen-bond donors (Lipinski definition) is 0. The van der Waals surface area contributed by atoms with Crippen molar-refractivity contribution in [1.29, 1.82) is 5.26 Å². The van der Waals surface area contributed by atoms with Gasteiger partial charge in [-0.25, -0.2) is 0 Å². The van der Waals surface area contributed by atoms with E-state index in [9.17, 15) is 10.1 Å². The van der Waals surface area contributed by atoms with Gasteiger partial charge in [0.1, 0.15) is 5.75 Å². The summed E-state index contributed by atoms with van der Waals surface area (Å²) in [6.07, 6.45) is 0.274. The zero-order valence-electron chi connectivity index (χ0n) is 15.0. The number of carbonyl (C=O) groups excluding carboxylic acids is 1. The van der Waals surface area contributed by atoms with E-state index in [1.54, 1.807) is 23.8 Å². The number of carbonyl (C=O) groups is 1. The second kappa shape index (κ2) is 7.37. The Morgan fingerprint density at radius 3 is 2.63 bits per heavy atom. The number of rotatable bonds is 3. The molecule has 2 aromatic carbocycles. The molecule has 2 heterocycles. The molecule has 2 aliphatic heterocycles. The number of fused-ring (bicyclic) bond motifs is 1. The summed E-state index contributed by atoms with van der Waals surface area (Å²) in [5.41, 5.74) is 2.61. The lowest BCUT2D eigenvalue weighted by Crippen LogP contribution is -2.47. The third-order valence-electron chi connectivity index (χ3n) is 4.93. The lowest BCUT2D eigenvalue weighted by atomic mass is 9.86. The Kier molecular flexibility index (Phi) is 4.78. The number of anilines is 1. The second-order valence-corrected chi connectivity index (χ2v) is 7.37. The highest BCUT2D eigenvalue weighted by Gasteiger charge is 2.39. The van der Waals surface area contributed by atoms with Gasteiger partial charge in [0.15, 0.2) is 0 Å². The minimum Gasteiger partial charge on any atom is -0.496 e. The van der Waals surface area contributed by atoms with Crippen LogP contribution in [0, 0.1) is 11.3 Å². The molecule has 1 amide bonds. The first kappa shape index (κ1) is 17.5. The maximum Gasteiger partial charge on any atom is 0.229 e. The lowest BCUT2D eigenvalue weighted by molar-refractivity contribution is -0.129. The van der Waals surface area contributed by atoms with Gasteiger partial charge in [0.25, 0.3) is 0 Å². The van der Waals surface area contributed by atoms with Gasteiger partial charge in [-0.15, -0.1) is 0 Å². The highest BCUT2D eigenvalue weighted by Crippen LogP contribution is 2.45. The summed E-state index contributed by atoms with van der Waals surface area (Å²) in [7, 11) is 1.61. The van der Waals surface area contributed by atoms with E-state index in [2.05, 4.69) is 11.0 Å². The fourth-order valence-corrected chi connectivity index (χ4v) is 4.75. The number of nitrogens with zero attached hydrogens (tertiary/aromatic N) is 3. The van der Waals surface area contributed by atoms with E-state index in [1.165, 1.54) is 0 Å². The fraction of sp³-hybridized carbons (Fsp3) is 0.238. The van der Waals surface area contributed by atoms with Crippen molar-refractivity contribution in [1.82, 2.24) is 4.90 Å². The summed E-state index contributed by atoms with van der Waals surface area (Å²) in [6, 6.07) is 20.0. The SMILES string of the molecule is COc1ccccc1[C@H]1CC(=O)N2CN(c3ccccc3)CSC2=C1C#N. The van der Waals surface area contributed by atoms with E-state index in [0.29, 0.717) is 23.9 Å². The first-order valence-electron chi connectivity index (χ1n) is 8.73. The van der Waals surface area contributed by atoms with Crippen LogP contribution in [0.2, 0.25) is 0 Å². The first-order chi connectivity index (χ1) is 13.2. The fourth-order valence-electron chi connectivity index (χ4n) is 3.58. The van der Waals surface area contributed by atoms with Gasteiger partial charge in [0.05, 0.1) is 36.3 Å². The molecule has 0 aromatic heterocycles. The number of para-hydroxylation sites is 2. The maximum absolute atomic E-state index is 13.0. The van der Waals surface area contributed by atoms with E-state index >= 15 is 0 Å². The van der Waals surface area contributed by atoms with Gasteiger partial charge in [0, 0.05) is 23.6 Å². The van der Waals surface area contributed by atoms with Gasteiger partial charge in [-0.2, -0.15) is 5.26 Å². The molecule has 1 fully saturated rings. The van der Waals surface area contributed by atoms with Crippen LogP contribution in [0.3, 0.4) is 0 Å². The summed E-state index contributed by atoms with van der Waals surface area (Å²) >= 11 is 1.55. The molecule has 0 aliphatic carbocycles. The van der Waals surface area contributed by atoms with Crippen molar-refractivity contribution in [2.45, 2.75) is 12.3 Å². The van der Waals surface area contributed by atoms with Crippen LogP contribution in [0.4, 0.5) is 5.69 Å². The van der Waals surface area contributed by atoms with Crippen molar-refractivity contribution < 1.29 is 9.53 Å². The molecule has 0 N–H and O–H groups in total. The molecule has 0 saturated carbocycles. The predicted octanol–water partition coefficient (Wildman–Crippen LogP) is 3.91. The van der Waals surface area contributed by atoms with E-state index < -0.39 is 0 Å². The van der Waals surface area contributed by atoms with Crippen LogP contribution in [0.15, 0.2) is 65.2 Å². The summed E-state index contributed by atoms with van der Waals surface area (Å²) in [5.74, 6) is 1.19. The van der Waals surface area contributed by atoms with Crippen molar-refractivity contribution in [2.24, 2.45) is 0 Å². The Morgan fingerprint density at radius 1 is 1.15 bits per heavy atom. The molecule has 0 bridgehead atoms. The first-order valence-corrected chi connectivity index (χ1v) is 9.72. The summed E-state index contributed by atoms with van der Waals surface area (Å²) in [6.45, 7) is 0.467. The van der Waals surface area contributed by atoms with Gasteiger partial charge in [-0.3, -0.25) is 9.69 Å². The molecule has 27 heavy (non-hydrogen) atoms. The van der Waals surface area contributed by atoms with Gasteiger partial charge < -0.3 is 9.64 Å². The van der Waals surface area contributed by atoms with Crippen molar-refractivity contribution in [3.63, 3.8) is 0 Å². The molecule has 1 atom stereocenters. The van der Waals surface area contributed by atoms with Crippen molar-refractivity contribution in [2.75, 3.05) is 24.6 Å². The molecule has 4 rings (SSSR count). The Hall–Kier alpha value is -2.91. The highest BCUT2D eigenvalue weighted by molar-refractivity contribution is 8.03. The zero-order valence-corrected chi connectivity index (χ0v) is 15.8. The van der Waals surface area contributed by atoms with Crippen molar-refractivity contribution in [3.05, 3.63) is 70.8 Å². The van der Waals surface area contributed by atoms with Crippen molar-refractivity contribution >= 4 is 23.4 Å². The topological polar surface area (TPSA) is 56.6 Å². The van der Waals surface area contributed by atoms with Crippen LogP contribution in [0.1, 0.15) is 17.9 Å². The predicted molar refractivity (Wildman–Crippen MR) is 106 cm³/mol. The number of thioether (sulfide) groups is 1. The summed E-state index contributed by atoms with van der Waals surface area (Å²) in [5, 5.41) is 10.7.